The summed E-state index contributed by atoms with van der Waals surface area (Å²) in [5, 5.41) is 2.88. The van der Waals surface area contributed by atoms with Crippen molar-refractivity contribution < 1.29 is 76.7 Å². The second-order valence-corrected chi connectivity index (χ2v) is 32.0. The summed E-state index contributed by atoms with van der Waals surface area (Å²) in [7, 11) is 0. The number of nitrogens with zero attached hydrogens (tertiary/aromatic N) is 31. The molecule has 0 aromatic heterocycles. The summed E-state index contributed by atoms with van der Waals surface area (Å²) in [6.07, 6.45) is -13.1. The molecule has 4 spiro atoms. The Labute approximate surface area is 590 Å². The number of carbonyl (C=O) groups is 16. The number of fused-ring (bicyclic) bond motifs is 4. The standard InChI is InChI=1S/C57H64N32O16/c1-2-59-28-29-65(39(59)91)14-68-32-33-72(44(68)96)18-76-35-37-80(48(76)100)22-84-52(104)88-24-86-50(102)82-20-78-36-34-74(46(78)98)16-69-31-30-64(42(69)94)12-61-27-26(58-38(61)90)60-11-63(28)41(93)67(29)15-70(32)45(97)73(33)19-77(35)49(101)81(37)23-85-53(105)89(57(88)10-6-4-8-55(57,84)85)25-87-51(103)83(54(82)7-3-5-9-56(54,86)87)21-79(36)47(99)75(34)17-71(31)43(95)66(30)13-62(27)40(60)92/h26-37H,2-25H2,1H3,(H,58,90). The average Bonchev–Trinajstić information content (AvgIpc) is 1.46. The van der Waals surface area contributed by atoms with Crippen LogP contribution in [0.1, 0.15) is 58.3 Å². The van der Waals surface area contributed by atoms with Gasteiger partial charge in [0.1, 0.15) is 106 Å². The highest BCUT2D eigenvalue weighted by Gasteiger charge is 2.88. The number of rotatable bonds is 1. The number of carbonyl (C=O) groups excluding carboxylic acids is 16. The highest BCUT2D eigenvalue weighted by atomic mass is 16.3. The summed E-state index contributed by atoms with van der Waals surface area (Å²) in [5.41, 5.74) is -6.89. The Morgan fingerprint density at radius 2 is 0.429 bits per heavy atom. The van der Waals surface area contributed by atoms with Gasteiger partial charge < -0.3 is 10.2 Å². The highest BCUT2D eigenvalue weighted by molar-refractivity contribution is 5.98. The Balaban J connectivity index is 0.658. The van der Waals surface area contributed by atoms with E-state index in [1.165, 1.54) is 152 Å². The van der Waals surface area contributed by atoms with Crippen molar-refractivity contribution in [3.63, 3.8) is 0 Å². The van der Waals surface area contributed by atoms with E-state index in [0.717, 1.165) is 0 Å². The van der Waals surface area contributed by atoms with Crippen LogP contribution in [0.3, 0.4) is 0 Å². The van der Waals surface area contributed by atoms with E-state index in [1.54, 1.807) is 6.92 Å². The largest absolute Gasteiger partial charge is 0.326 e. The summed E-state index contributed by atoms with van der Waals surface area (Å²) in [4.78, 5) is 297. The molecule has 26 aliphatic rings. The maximum absolute atomic E-state index is 16.6. The first-order valence-electron chi connectivity index (χ1n) is 35.9. The van der Waals surface area contributed by atoms with E-state index in [0.29, 0.717) is 25.7 Å². The van der Waals surface area contributed by atoms with Gasteiger partial charge >= 0.3 is 96.5 Å². The molecule has 24 aliphatic heterocycles. The van der Waals surface area contributed by atoms with Crippen LogP contribution in [0.4, 0.5) is 76.7 Å². The SMILES string of the molecule is CCN1C(=O)N2CN3C(=O)N4CN5C(=O)N6CN7C(=O)N8CN9C(=O)N%10CN%11C(=O)N%12CN%13C(=O)N%14CN%15C(=O)NC%16C%15N%15CN%17C(=O)N(CN%18C(=O)N(CN%19C(=O)N(CN%20C(=O)N(CN%21C(=O)N(CN%22C(=O)N(CN%23C(=O)N(CN%16C%15=O)C1C2%23)C3C4%22)C5C6%21)C71CCCCC8%201)C91CCCCC%10%191)C%11C%12%18)C%13C%14%17. The normalized spacial score (nSPS) is 41.6. The molecule has 26 rings (SSSR count). The van der Waals surface area contributed by atoms with E-state index in [9.17, 15) is 4.79 Å². The van der Waals surface area contributed by atoms with Gasteiger partial charge in [0.05, 0.1) is 0 Å². The lowest BCUT2D eigenvalue weighted by atomic mass is 9.76. The Hall–Kier alpha value is -11.7. The lowest BCUT2D eigenvalue weighted by Crippen LogP contribution is -2.77. The molecule has 0 aromatic rings. The maximum Gasteiger partial charge on any atom is 0.326 e. The fourth-order valence-corrected chi connectivity index (χ4v) is 25.2. The van der Waals surface area contributed by atoms with E-state index in [-0.39, 0.29) is 32.2 Å². The van der Waals surface area contributed by atoms with Crippen LogP contribution in [0.15, 0.2) is 0 Å². The number of hydrogen-bond acceptors (Lipinski definition) is 16. The molecule has 48 heteroatoms. The smallest absolute Gasteiger partial charge is 0.314 e. The lowest BCUT2D eigenvalue weighted by molar-refractivity contribution is -0.176. The van der Waals surface area contributed by atoms with Gasteiger partial charge in [-0.25, -0.2) is 76.7 Å². The number of amides is 32. The predicted molar refractivity (Wildman–Crippen MR) is 323 cm³/mol. The van der Waals surface area contributed by atoms with Crippen LogP contribution in [0.5, 0.6) is 0 Å². The van der Waals surface area contributed by atoms with Crippen molar-refractivity contribution in [1.82, 2.24) is 157 Å². The molecule has 16 bridgehead atoms. The average molecular weight is 1450 g/mol. The van der Waals surface area contributed by atoms with Crippen LogP contribution < -0.4 is 5.32 Å². The Kier molecular flexibility index (Phi) is 9.07. The quantitative estimate of drug-likeness (QED) is 0.258. The second kappa shape index (κ2) is 16.8. The molecule has 48 nitrogen and oxygen atoms in total. The van der Waals surface area contributed by atoms with E-state index in [1.807, 2.05) is 0 Å². The van der Waals surface area contributed by atoms with Crippen molar-refractivity contribution >= 4 is 96.5 Å². The Morgan fingerprint density at radius 3 is 0.705 bits per heavy atom. The van der Waals surface area contributed by atoms with Crippen molar-refractivity contribution in [1.29, 1.82) is 0 Å². The number of nitrogens with one attached hydrogen (secondary N) is 1. The summed E-state index contributed by atoms with van der Waals surface area (Å²) < 4.78 is 0. The summed E-state index contributed by atoms with van der Waals surface area (Å²) in [6.45, 7) is -6.44. The third-order valence-electron chi connectivity index (χ3n) is 29.0. The van der Waals surface area contributed by atoms with Crippen molar-refractivity contribution in [3.05, 3.63) is 0 Å². The summed E-state index contributed by atoms with van der Waals surface area (Å²) >= 11 is 0. The number of hydrogen-bond donors (Lipinski definition) is 1. The second-order valence-electron chi connectivity index (χ2n) is 32.0. The highest BCUT2D eigenvalue weighted by Crippen LogP contribution is 2.66. The monoisotopic (exact) mass is 1450 g/mol. The van der Waals surface area contributed by atoms with E-state index < -0.39 is 293 Å². The zero-order valence-electron chi connectivity index (χ0n) is 55.8. The molecule has 24 saturated heterocycles. The first-order chi connectivity index (χ1) is 50.6. The minimum Gasteiger partial charge on any atom is -0.314 e. The molecule has 0 aromatic carbocycles. The zero-order valence-corrected chi connectivity index (χ0v) is 55.8. The molecule has 0 radical (unpaired) electrons. The topological polar surface area (TPSA) is 386 Å². The third-order valence-corrected chi connectivity index (χ3v) is 29.0. The maximum atomic E-state index is 16.6. The molecule has 2 saturated carbocycles. The number of urea groups is 16. The van der Waals surface area contributed by atoms with Gasteiger partial charge in [0.25, 0.3) is 0 Å². The van der Waals surface area contributed by atoms with E-state index in [2.05, 4.69) is 5.32 Å². The molecule has 16 atom stereocenters. The first kappa shape index (κ1) is 56.8. The van der Waals surface area contributed by atoms with Gasteiger partial charge in [0, 0.05) is 6.54 Å². The van der Waals surface area contributed by atoms with Crippen molar-refractivity contribution in [3.8, 4) is 0 Å². The van der Waals surface area contributed by atoms with Crippen molar-refractivity contribution in [2.75, 3.05) is 107 Å². The molecule has 2 aliphatic carbocycles. The van der Waals surface area contributed by atoms with Gasteiger partial charge in [-0.1, -0.05) is 0 Å². The fourth-order valence-electron chi connectivity index (χ4n) is 25.2. The van der Waals surface area contributed by atoms with Gasteiger partial charge in [-0.05, 0) is 58.3 Å². The van der Waals surface area contributed by atoms with Gasteiger partial charge in [0.15, 0.2) is 90.5 Å². The van der Waals surface area contributed by atoms with E-state index >= 15 is 71.9 Å². The molecule has 1 N–H and O–H groups in total. The van der Waals surface area contributed by atoms with Gasteiger partial charge in [-0.15, -0.1) is 0 Å². The summed E-state index contributed by atoms with van der Waals surface area (Å²) in [5.74, 6) is 0. The van der Waals surface area contributed by atoms with Gasteiger partial charge in [-0.3, -0.25) is 147 Å². The van der Waals surface area contributed by atoms with Crippen LogP contribution in [0.2, 0.25) is 0 Å². The Morgan fingerprint density at radius 1 is 0.229 bits per heavy atom. The van der Waals surface area contributed by atoms with Crippen LogP contribution in [-0.4, -0.2) is 452 Å². The minimum absolute atomic E-state index is 0.00383. The zero-order chi connectivity index (χ0) is 70.7. The molecule has 32 amide bonds. The molecule has 24 heterocycles. The number of likely N-dealkylation sites (N-methyl/N-ethyl adjacent to an activating group) is 1. The van der Waals surface area contributed by atoms with Crippen LogP contribution in [-0.2, 0) is 0 Å². The van der Waals surface area contributed by atoms with Crippen molar-refractivity contribution in [2.24, 2.45) is 0 Å². The van der Waals surface area contributed by atoms with Gasteiger partial charge in [-0.2, -0.15) is 0 Å². The fraction of sp³-hybridized carbons (Fsp3) is 0.719. The van der Waals surface area contributed by atoms with Gasteiger partial charge in [0.2, 0.25) is 0 Å². The molecular formula is C57H64N32O16. The third kappa shape index (κ3) is 5.26. The molecule has 16 unspecified atom stereocenters. The molecule has 26 fully saturated rings. The predicted octanol–water partition coefficient (Wildman–Crippen LogP) is -4.59. The van der Waals surface area contributed by atoms with Crippen LogP contribution >= 0.6 is 0 Å². The first-order valence-corrected chi connectivity index (χ1v) is 35.9. The molecular weight excluding hydrogens is 1390 g/mol. The van der Waals surface area contributed by atoms with E-state index in [4.69, 9.17) is 0 Å². The van der Waals surface area contributed by atoms with Crippen LogP contribution in [0.25, 0.3) is 0 Å². The Bertz CT molecular complexity index is 4510. The molecule has 105 heavy (non-hydrogen) atoms. The van der Waals surface area contributed by atoms with Crippen molar-refractivity contribution in [2.45, 2.75) is 155 Å². The minimum atomic E-state index is -1.72. The lowest BCUT2D eigenvalue weighted by Gasteiger charge is -2.58. The summed E-state index contributed by atoms with van der Waals surface area (Å²) in [6, 6.07) is -11.3. The molecule has 548 valence electrons. The van der Waals surface area contributed by atoms with Crippen LogP contribution in [0, 0.1) is 0 Å².